The zero-order valence-corrected chi connectivity index (χ0v) is 9.32. The van der Waals surface area contributed by atoms with Crippen LogP contribution in [-0.4, -0.2) is 44.5 Å². The van der Waals surface area contributed by atoms with Crippen molar-refractivity contribution in [3.8, 4) is 0 Å². The van der Waals surface area contributed by atoms with Crippen molar-refractivity contribution in [2.24, 2.45) is 5.73 Å². The van der Waals surface area contributed by atoms with Gasteiger partial charge in [-0.1, -0.05) is 0 Å². The molecule has 2 atom stereocenters. The number of nitrogens with two attached hydrogens (primary N) is 1. The summed E-state index contributed by atoms with van der Waals surface area (Å²) in [6, 6.07) is 0. The van der Waals surface area contributed by atoms with Gasteiger partial charge in [0.15, 0.2) is 0 Å². The standard InChI is InChI=1S/C10H19NO4/c1-10(11,9(12)13-2)4-6-15-8-3-5-14-7-8/h8H,3-7,11H2,1-2H3. The first-order valence-electron chi connectivity index (χ1n) is 5.13. The van der Waals surface area contributed by atoms with Crippen LogP contribution >= 0.6 is 0 Å². The summed E-state index contributed by atoms with van der Waals surface area (Å²) in [5.41, 5.74) is 4.81. The van der Waals surface area contributed by atoms with Crippen molar-refractivity contribution in [2.75, 3.05) is 26.9 Å². The van der Waals surface area contributed by atoms with Gasteiger partial charge in [0.05, 0.1) is 19.8 Å². The second kappa shape index (κ2) is 5.44. The quantitative estimate of drug-likeness (QED) is 0.660. The van der Waals surface area contributed by atoms with Gasteiger partial charge in [-0.3, -0.25) is 4.79 Å². The normalized spacial score (nSPS) is 24.9. The molecule has 0 bridgehead atoms. The molecule has 0 aromatic carbocycles. The molecule has 2 N–H and O–H groups in total. The van der Waals surface area contributed by atoms with Crippen LogP contribution in [0, 0.1) is 0 Å². The minimum Gasteiger partial charge on any atom is -0.468 e. The van der Waals surface area contributed by atoms with Crippen LogP contribution in [0.1, 0.15) is 19.8 Å². The van der Waals surface area contributed by atoms with Crippen LogP contribution in [-0.2, 0) is 19.0 Å². The molecular formula is C10H19NO4. The predicted molar refractivity (Wildman–Crippen MR) is 54.4 cm³/mol. The van der Waals surface area contributed by atoms with E-state index in [0.29, 0.717) is 19.6 Å². The van der Waals surface area contributed by atoms with Gasteiger partial charge < -0.3 is 19.9 Å². The Morgan fingerprint density at radius 1 is 1.67 bits per heavy atom. The van der Waals surface area contributed by atoms with Gasteiger partial charge in [0, 0.05) is 13.2 Å². The van der Waals surface area contributed by atoms with Gasteiger partial charge in [0.2, 0.25) is 0 Å². The van der Waals surface area contributed by atoms with E-state index in [1.807, 2.05) is 0 Å². The average Bonchev–Trinajstić information content (AvgIpc) is 2.69. The number of hydrogen-bond donors (Lipinski definition) is 1. The van der Waals surface area contributed by atoms with Crippen molar-refractivity contribution in [3.05, 3.63) is 0 Å². The highest BCUT2D eigenvalue weighted by Gasteiger charge is 2.29. The van der Waals surface area contributed by atoms with Crippen molar-refractivity contribution in [1.29, 1.82) is 0 Å². The minimum absolute atomic E-state index is 0.151. The number of carbonyl (C=O) groups excluding carboxylic acids is 1. The van der Waals surface area contributed by atoms with Crippen molar-refractivity contribution in [3.63, 3.8) is 0 Å². The third kappa shape index (κ3) is 3.77. The first-order valence-corrected chi connectivity index (χ1v) is 5.13. The van der Waals surface area contributed by atoms with E-state index in [0.717, 1.165) is 13.0 Å². The molecule has 1 fully saturated rings. The van der Waals surface area contributed by atoms with E-state index in [1.165, 1.54) is 7.11 Å². The third-order valence-corrected chi connectivity index (χ3v) is 2.51. The molecule has 5 nitrogen and oxygen atoms in total. The van der Waals surface area contributed by atoms with Gasteiger partial charge in [-0.15, -0.1) is 0 Å². The molecule has 5 heteroatoms. The SMILES string of the molecule is COC(=O)C(C)(N)CCOC1CCOC1. The Kier molecular flexibility index (Phi) is 4.50. The summed E-state index contributed by atoms with van der Waals surface area (Å²) in [5, 5.41) is 0. The summed E-state index contributed by atoms with van der Waals surface area (Å²) in [4.78, 5) is 11.2. The summed E-state index contributed by atoms with van der Waals surface area (Å²) in [6.45, 7) is 3.49. The number of hydrogen-bond acceptors (Lipinski definition) is 5. The lowest BCUT2D eigenvalue weighted by Crippen LogP contribution is -2.46. The first kappa shape index (κ1) is 12.4. The molecule has 0 saturated carbocycles. The van der Waals surface area contributed by atoms with Crippen LogP contribution < -0.4 is 5.73 Å². The smallest absolute Gasteiger partial charge is 0.325 e. The molecule has 2 unspecified atom stereocenters. The monoisotopic (exact) mass is 217 g/mol. The molecule has 1 rings (SSSR count). The fraction of sp³-hybridized carbons (Fsp3) is 0.900. The van der Waals surface area contributed by atoms with E-state index in [9.17, 15) is 4.79 Å². The van der Waals surface area contributed by atoms with E-state index in [1.54, 1.807) is 6.92 Å². The molecule has 0 aromatic rings. The number of esters is 1. The van der Waals surface area contributed by atoms with E-state index in [2.05, 4.69) is 4.74 Å². The van der Waals surface area contributed by atoms with Crippen molar-refractivity contribution in [2.45, 2.75) is 31.4 Å². The minimum atomic E-state index is -0.964. The summed E-state index contributed by atoms with van der Waals surface area (Å²) < 4.78 is 15.3. The molecule has 0 amide bonds. The molecule has 0 aromatic heterocycles. The maximum atomic E-state index is 11.2. The zero-order chi connectivity index (χ0) is 11.3. The van der Waals surface area contributed by atoms with Gasteiger partial charge in [-0.2, -0.15) is 0 Å². The molecule has 1 saturated heterocycles. The van der Waals surface area contributed by atoms with Crippen LogP contribution in [0.3, 0.4) is 0 Å². The number of carbonyl (C=O) groups is 1. The van der Waals surface area contributed by atoms with Gasteiger partial charge in [-0.05, 0) is 19.8 Å². The molecule has 1 heterocycles. The Balaban J connectivity index is 2.20. The largest absolute Gasteiger partial charge is 0.468 e. The van der Waals surface area contributed by atoms with Crippen LogP contribution in [0.2, 0.25) is 0 Å². The highest BCUT2D eigenvalue weighted by Crippen LogP contribution is 2.12. The Hall–Kier alpha value is -0.650. The summed E-state index contributed by atoms with van der Waals surface area (Å²) in [6.07, 6.45) is 1.52. The van der Waals surface area contributed by atoms with E-state index < -0.39 is 11.5 Å². The van der Waals surface area contributed by atoms with Crippen LogP contribution in [0.4, 0.5) is 0 Å². The number of methoxy groups -OCH3 is 1. The topological polar surface area (TPSA) is 70.8 Å². The van der Waals surface area contributed by atoms with E-state index >= 15 is 0 Å². The van der Waals surface area contributed by atoms with Crippen molar-refractivity contribution < 1.29 is 19.0 Å². The maximum Gasteiger partial charge on any atom is 0.325 e. The van der Waals surface area contributed by atoms with Gasteiger partial charge in [-0.25, -0.2) is 0 Å². The lowest BCUT2D eigenvalue weighted by molar-refractivity contribution is -0.147. The lowest BCUT2D eigenvalue weighted by Gasteiger charge is -2.21. The molecule has 0 spiro atoms. The summed E-state index contributed by atoms with van der Waals surface area (Å²) in [5.74, 6) is -0.409. The van der Waals surface area contributed by atoms with Crippen molar-refractivity contribution in [1.82, 2.24) is 0 Å². The van der Waals surface area contributed by atoms with Gasteiger partial charge in [0.25, 0.3) is 0 Å². The fourth-order valence-electron chi connectivity index (χ4n) is 1.42. The van der Waals surface area contributed by atoms with Crippen LogP contribution in [0.5, 0.6) is 0 Å². The first-order chi connectivity index (χ1) is 7.06. The fourth-order valence-corrected chi connectivity index (χ4v) is 1.42. The number of ether oxygens (including phenoxy) is 3. The lowest BCUT2D eigenvalue weighted by atomic mass is 10.0. The Bertz CT molecular complexity index is 211. The van der Waals surface area contributed by atoms with E-state index in [-0.39, 0.29) is 6.10 Å². The summed E-state index contributed by atoms with van der Waals surface area (Å²) >= 11 is 0. The highest BCUT2D eigenvalue weighted by molar-refractivity contribution is 5.79. The third-order valence-electron chi connectivity index (χ3n) is 2.51. The summed E-state index contributed by atoms with van der Waals surface area (Å²) in [7, 11) is 1.33. The number of rotatable bonds is 5. The van der Waals surface area contributed by atoms with Gasteiger partial charge >= 0.3 is 5.97 Å². The molecule has 88 valence electrons. The zero-order valence-electron chi connectivity index (χ0n) is 9.32. The maximum absolute atomic E-state index is 11.2. The van der Waals surface area contributed by atoms with E-state index in [4.69, 9.17) is 15.2 Å². The highest BCUT2D eigenvalue weighted by atomic mass is 16.5. The average molecular weight is 217 g/mol. The van der Waals surface area contributed by atoms with Crippen LogP contribution in [0.25, 0.3) is 0 Å². The molecular weight excluding hydrogens is 198 g/mol. The Morgan fingerprint density at radius 3 is 2.93 bits per heavy atom. The molecule has 15 heavy (non-hydrogen) atoms. The molecule has 1 aliphatic rings. The van der Waals surface area contributed by atoms with Crippen molar-refractivity contribution >= 4 is 5.97 Å². The Morgan fingerprint density at radius 2 is 2.40 bits per heavy atom. The van der Waals surface area contributed by atoms with Gasteiger partial charge in [0.1, 0.15) is 5.54 Å². The molecule has 1 aliphatic heterocycles. The predicted octanol–water partition coefficient (Wildman–Crippen LogP) is 0.0724. The van der Waals surface area contributed by atoms with Crippen LogP contribution in [0.15, 0.2) is 0 Å². The molecule has 0 radical (unpaired) electrons. The molecule has 0 aliphatic carbocycles. The second-order valence-electron chi connectivity index (χ2n) is 4.02. The second-order valence-corrected chi connectivity index (χ2v) is 4.02. The Labute approximate surface area is 89.9 Å².